The molecule has 2 aromatic rings. The second kappa shape index (κ2) is 5.01. The standard InChI is InChI=1S/C13H15N3O3/c1-16(7-12(17)19-2)13(18)10-6-15-11-4-3-8(14)5-9(10)11/h3-6,15H,7,14H2,1-2H3. The quantitative estimate of drug-likeness (QED) is 0.637. The molecule has 6 nitrogen and oxygen atoms in total. The van der Waals surface area contributed by atoms with Gasteiger partial charge in [0.2, 0.25) is 0 Å². The molecule has 19 heavy (non-hydrogen) atoms. The van der Waals surface area contributed by atoms with E-state index in [9.17, 15) is 9.59 Å². The molecule has 0 saturated heterocycles. The van der Waals surface area contributed by atoms with Gasteiger partial charge in [-0.05, 0) is 18.2 Å². The van der Waals surface area contributed by atoms with Gasteiger partial charge in [0.05, 0.1) is 12.7 Å². The lowest BCUT2D eigenvalue weighted by Gasteiger charge is -2.14. The number of hydrogen-bond donors (Lipinski definition) is 2. The summed E-state index contributed by atoms with van der Waals surface area (Å²) < 4.78 is 4.53. The summed E-state index contributed by atoms with van der Waals surface area (Å²) in [5.41, 5.74) is 7.60. The van der Waals surface area contributed by atoms with Crippen molar-refractivity contribution in [1.82, 2.24) is 9.88 Å². The number of benzene rings is 1. The van der Waals surface area contributed by atoms with Crippen LogP contribution in [0.1, 0.15) is 10.4 Å². The molecular formula is C13H15N3O3. The van der Waals surface area contributed by atoms with Crippen LogP contribution >= 0.6 is 0 Å². The number of anilines is 1. The zero-order valence-electron chi connectivity index (χ0n) is 10.8. The van der Waals surface area contributed by atoms with Crippen LogP contribution in [-0.2, 0) is 9.53 Å². The molecule has 0 saturated carbocycles. The van der Waals surface area contributed by atoms with Crippen LogP contribution in [0.4, 0.5) is 5.69 Å². The van der Waals surface area contributed by atoms with Crippen molar-refractivity contribution in [3.63, 3.8) is 0 Å². The van der Waals surface area contributed by atoms with Gasteiger partial charge in [-0.3, -0.25) is 9.59 Å². The maximum Gasteiger partial charge on any atom is 0.325 e. The summed E-state index contributed by atoms with van der Waals surface area (Å²) in [7, 11) is 2.83. The van der Waals surface area contributed by atoms with Crippen LogP contribution in [0.15, 0.2) is 24.4 Å². The van der Waals surface area contributed by atoms with Crippen molar-refractivity contribution < 1.29 is 14.3 Å². The van der Waals surface area contributed by atoms with Crippen LogP contribution in [0.2, 0.25) is 0 Å². The molecule has 0 bridgehead atoms. The molecule has 100 valence electrons. The first kappa shape index (κ1) is 12.9. The highest BCUT2D eigenvalue weighted by Gasteiger charge is 2.18. The van der Waals surface area contributed by atoms with Gasteiger partial charge in [-0.2, -0.15) is 0 Å². The fraction of sp³-hybridized carbons (Fsp3) is 0.231. The molecule has 1 amide bonds. The lowest BCUT2D eigenvalue weighted by molar-refractivity contribution is -0.141. The fourth-order valence-electron chi connectivity index (χ4n) is 1.85. The SMILES string of the molecule is COC(=O)CN(C)C(=O)c1c[nH]c2ccc(N)cc12. The van der Waals surface area contributed by atoms with E-state index in [1.807, 2.05) is 6.07 Å². The fourth-order valence-corrected chi connectivity index (χ4v) is 1.85. The van der Waals surface area contributed by atoms with Gasteiger partial charge in [0, 0.05) is 29.8 Å². The molecule has 0 fully saturated rings. The summed E-state index contributed by atoms with van der Waals surface area (Å²) in [6.07, 6.45) is 1.61. The zero-order valence-corrected chi connectivity index (χ0v) is 10.8. The number of amides is 1. The van der Waals surface area contributed by atoms with Crippen LogP contribution in [-0.4, -0.2) is 42.5 Å². The molecule has 0 spiro atoms. The molecule has 2 rings (SSSR count). The Hall–Kier alpha value is -2.50. The Bertz CT molecular complexity index is 633. The largest absolute Gasteiger partial charge is 0.468 e. The van der Waals surface area contributed by atoms with Crippen LogP contribution < -0.4 is 5.73 Å². The molecule has 0 aliphatic heterocycles. The van der Waals surface area contributed by atoms with Gasteiger partial charge in [-0.1, -0.05) is 0 Å². The van der Waals surface area contributed by atoms with Crippen LogP contribution in [0.5, 0.6) is 0 Å². The highest BCUT2D eigenvalue weighted by atomic mass is 16.5. The van der Waals surface area contributed by atoms with Gasteiger partial charge in [-0.25, -0.2) is 0 Å². The molecule has 3 N–H and O–H groups in total. The molecule has 0 aliphatic carbocycles. The first-order valence-electron chi connectivity index (χ1n) is 5.72. The van der Waals surface area contributed by atoms with Crippen molar-refractivity contribution in [3.05, 3.63) is 30.0 Å². The number of fused-ring (bicyclic) bond motifs is 1. The second-order valence-electron chi connectivity index (χ2n) is 4.24. The van der Waals surface area contributed by atoms with E-state index in [0.29, 0.717) is 11.3 Å². The first-order chi connectivity index (χ1) is 9.02. The molecule has 0 aliphatic rings. The summed E-state index contributed by atoms with van der Waals surface area (Å²) in [6.45, 7) is -0.0929. The van der Waals surface area contributed by atoms with Gasteiger partial charge in [-0.15, -0.1) is 0 Å². The number of esters is 1. The van der Waals surface area contributed by atoms with Crippen molar-refractivity contribution in [2.45, 2.75) is 0 Å². The minimum absolute atomic E-state index is 0.0929. The van der Waals surface area contributed by atoms with Crippen molar-refractivity contribution in [2.75, 3.05) is 26.4 Å². The monoisotopic (exact) mass is 261 g/mol. The van der Waals surface area contributed by atoms with E-state index in [4.69, 9.17) is 5.73 Å². The zero-order chi connectivity index (χ0) is 14.0. The highest BCUT2D eigenvalue weighted by Crippen LogP contribution is 2.21. The van der Waals surface area contributed by atoms with Gasteiger partial charge < -0.3 is 20.4 Å². The Kier molecular flexibility index (Phi) is 3.41. The van der Waals surface area contributed by atoms with E-state index in [1.54, 1.807) is 25.4 Å². The number of carbonyl (C=O) groups is 2. The number of methoxy groups -OCH3 is 1. The molecular weight excluding hydrogens is 246 g/mol. The van der Waals surface area contributed by atoms with E-state index < -0.39 is 5.97 Å². The van der Waals surface area contributed by atoms with Gasteiger partial charge in [0.25, 0.3) is 5.91 Å². The maximum atomic E-state index is 12.2. The Morgan fingerprint density at radius 3 is 2.84 bits per heavy atom. The number of nitrogens with zero attached hydrogens (tertiary/aromatic N) is 1. The molecule has 1 heterocycles. The summed E-state index contributed by atoms with van der Waals surface area (Å²) >= 11 is 0. The number of ether oxygens (including phenoxy) is 1. The molecule has 1 aromatic heterocycles. The number of H-pyrrole nitrogens is 1. The molecule has 1 aromatic carbocycles. The van der Waals surface area contributed by atoms with Crippen LogP contribution in [0, 0.1) is 0 Å². The highest BCUT2D eigenvalue weighted by molar-refractivity contribution is 6.07. The number of likely N-dealkylation sites (N-methyl/N-ethyl adjacent to an activating group) is 1. The molecule has 6 heteroatoms. The minimum atomic E-state index is -0.463. The van der Waals surface area contributed by atoms with Crippen molar-refractivity contribution >= 4 is 28.5 Å². The number of rotatable bonds is 3. The van der Waals surface area contributed by atoms with Crippen molar-refractivity contribution in [2.24, 2.45) is 0 Å². The Morgan fingerprint density at radius 2 is 2.16 bits per heavy atom. The van der Waals surface area contributed by atoms with Gasteiger partial charge in [0.15, 0.2) is 0 Å². The lowest BCUT2D eigenvalue weighted by Crippen LogP contribution is -2.32. The smallest absolute Gasteiger partial charge is 0.325 e. The van der Waals surface area contributed by atoms with E-state index in [0.717, 1.165) is 10.9 Å². The van der Waals surface area contributed by atoms with Gasteiger partial charge in [0.1, 0.15) is 6.54 Å². The third-order valence-corrected chi connectivity index (χ3v) is 2.88. The van der Waals surface area contributed by atoms with E-state index in [-0.39, 0.29) is 12.5 Å². The average Bonchev–Trinajstić information content (AvgIpc) is 2.80. The summed E-state index contributed by atoms with van der Waals surface area (Å²) in [6, 6.07) is 5.29. The summed E-state index contributed by atoms with van der Waals surface area (Å²) in [5.74, 6) is -0.725. The van der Waals surface area contributed by atoms with Crippen LogP contribution in [0.3, 0.4) is 0 Å². The Labute approximate surface area is 110 Å². The number of nitrogen functional groups attached to an aromatic ring is 1. The normalized spacial score (nSPS) is 10.4. The third kappa shape index (κ3) is 2.52. The average molecular weight is 261 g/mol. The second-order valence-corrected chi connectivity index (χ2v) is 4.24. The lowest BCUT2D eigenvalue weighted by atomic mass is 10.1. The number of aromatic amines is 1. The minimum Gasteiger partial charge on any atom is -0.468 e. The first-order valence-corrected chi connectivity index (χ1v) is 5.72. The van der Waals surface area contributed by atoms with E-state index in [1.165, 1.54) is 12.0 Å². The number of carbonyl (C=O) groups excluding carboxylic acids is 2. The summed E-state index contributed by atoms with van der Waals surface area (Å²) in [5, 5.41) is 0.738. The predicted octanol–water partition coefficient (Wildman–Crippen LogP) is 0.995. The topological polar surface area (TPSA) is 88.4 Å². The van der Waals surface area contributed by atoms with Crippen LogP contribution in [0.25, 0.3) is 10.9 Å². The Balaban J connectivity index is 2.31. The molecule has 0 unspecified atom stereocenters. The van der Waals surface area contributed by atoms with E-state index in [2.05, 4.69) is 9.72 Å². The van der Waals surface area contributed by atoms with E-state index >= 15 is 0 Å². The Morgan fingerprint density at radius 1 is 1.42 bits per heavy atom. The number of hydrogen-bond acceptors (Lipinski definition) is 4. The molecule has 0 radical (unpaired) electrons. The van der Waals surface area contributed by atoms with Crippen molar-refractivity contribution in [1.29, 1.82) is 0 Å². The van der Waals surface area contributed by atoms with Gasteiger partial charge >= 0.3 is 5.97 Å². The number of nitrogens with two attached hydrogens (primary N) is 1. The summed E-state index contributed by atoms with van der Waals surface area (Å²) in [4.78, 5) is 27.7. The van der Waals surface area contributed by atoms with Crippen molar-refractivity contribution in [3.8, 4) is 0 Å². The number of nitrogens with one attached hydrogen (secondary N) is 1. The molecule has 0 atom stereocenters. The third-order valence-electron chi connectivity index (χ3n) is 2.88. The maximum absolute atomic E-state index is 12.2. The number of aromatic nitrogens is 1. The predicted molar refractivity (Wildman–Crippen MR) is 71.7 cm³/mol.